The molecule has 1 amide bonds. The molecule has 2 heterocycles. The Morgan fingerprint density at radius 3 is 2.51 bits per heavy atom. The Bertz CT molecular complexity index is 1460. The standard InChI is InChI=1S/C25H26FN5O4/c1-28(14-19-9-6-10-20(26)13-19)21(32)16-31-24(33)22-23(27-17-29(22)11-12-35-2)30(25(31)34)15-18-7-4-3-5-8-18/h3-10,13,17H,11-12,14-16H2,1-2H3. The number of carbonyl (C=O) groups excluding carboxylic acids is 1. The fourth-order valence-corrected chi connectivity index (χ4v) is 3.90. The van der Waals surface area contributed by atoms with Gasteiger partial charge in [-0.25, -0.2) is 18.7 Å². The normalized spacial score (nSPS) is 11.2. The van der Waals surface area contributed by atoms with E-state index < -0.39 is 29.5 Å². The lowest BCUT2D eigenvalue weighted by molar-refractivity contribution is -0.131. The van der Waals surface area contributed by atoms with Crippen LogP contribution in [-0.4, -0.2) is 50.3 Å². The molecule has 10 heteroatoms. The number of carbonyl (C=O) groups is 1. The minimum Gasteiger partial charge on any atom is -0.383 e. The molecule has 0 unspecified atom stereocenters. The summed E-state index contributed by atoms with van der Waals surface area (Å²) in [5, 5.41) is 0. The number of benzene rings is 2. The van der Waals surface area contributed by atoms with Crippen LogP contribution in [0.15, 0.2) is 70.5 Å². The summed E-state index contributed by atoms with van der Waals surface area (Å²) < 4.78 is 22.6. The van der Waals surface area contributed by atoms with Crippen LogP contribution in [0.4, 0.5) is 4.39 Å². The molecule has 0 spiro atoms. The lowest BCUT2D eigenvalue weighted by Crippen LogP contribution is -2.44. The van der Waals surface area contributed by atoms with Gasteiger partial charge in [0.15, 0.2) is 11.2 Å². The third kappa shape index (κ3) is 5.22. The van der Waals surface area contributed by atoms with E-state index in [4.69, 9.17) is 4.74 Å². The van der Waals surface area contributed by atoms with Gasteiger partial charge >= 0.3 is 5.69 Å². The van der Waals surface area contributed by atoms with Crippen LogP contribution in [0.1, 0.15) is 11.1 Å². The van der Waals surface area contributed by atoms with Gasteiger partial charge in [-0.1, -0.05) is 42.5 Å². The number of nitrogens with zero attached hydrogens (tertiary/aromatic N) is 5. The van der Waals surface area contributed by atoms with Gasteiger partial charge in [-0.15, -0.1) is 0 Å². The van der Waals surface area contributed by atoms with Crippen molar-refractivity contribution in [3.05, 3.63) is 98.7 Å². The number of imidazole rings is 1. The monoisotopic (exact) mass is 479 g/mol. The molecular weight excluding hydrogens is 453 g/mol. The van der Waals surface area contributed by atoms with E-state index in [1.54, 1.807) is 30.9 Å². The molecule has 2 aromatic carbocycles. The van der Waals surface area contributed by atoms with Crippen LogP contribution in [0.3, 0.4) is 0 Å². The zero-order chi connectivity index (χ0) is 24.9. The molecule has 182 valence electrons. The van der Waals surface area contributed by atoms with Crippen molar-refractivity contribution < 1.29 is 13.9 Å². The number of likely N-dealkylation sites (N-methyl/N-ethyl adjacent to an activating group) is 1. The Morgan fingerprint density at radius 2 is 1.80 bits per heavy atom. The van der Waals surface area contributed by atoms with E-state index in [0.717, 1.165) is 10.1 Å². The molecule has 0 atom stereocenters. The van der Waals surface area contributed by atoms with Gasteiger partial charge < -0.3 is 14.2 Å². The van der Waals surface area contributed by atoms with Crippen molar-refractivity contribution >= 4 is 17.1 Å². The van der Waals surface area contributed by atoms with Crippen molar-refractivity contribution in [2.24, 2.45) is 0 Å². The van der Waals surface area contributed by atoms with Crippen LogP contribution in [0.25, 0.3) is 11.2 Å². The molecular formula is C25H26FN5O4. The number of amides is 1. The summed E-state index contributed by atoms with van der Waals surface area (Å²) >= 11 is 0. The average Bonchev–Trinajstić information content (AvgIpc) is 3.27. The molecule has 0 fully saturated rings. The number of fused-ring (bicyclic) bond motifs is 1. The quantitative estimate of drug-likeness (QED) is 0.366. The van der Waals surface area contributed by atoms with Crippen molar-refractivity contribution in [2.45, 2.75) is 26.2 Å². The number of rotatable bonds is 9. The maximum Gasteiger partial charge on any atom is 0.333 e. The van der Waals surface area contributed by atoms with Gasteiger partial charge in [-0.2, -0.15) is 0 Å². The second-order valence-electron chi connectivity index (χ2n) is 8.23. The minimum absolute atomic E-state index is 0.136. The molecule has 4 rings (SSSR count). The smallest absolute Gasteiger partial charge is 0.333 e. The zero-order valence-corrected chi connectivity index (χ0v) is 19.6. The van der Waals surface area contributed by atoms with Crippen molar-refractivity contribution in [1.82, 2.24) is 23.6 Å². The van der Waals surface area contributed by atoms with Crippen molar-refractivity contribution in [3.8, 4) is 0 Å². The van der Waals surface area contributed by atoms with Crippen LogP contribution >= 0.6 is 0 Å². The molecule has 2 aromatic heterocycles. The summed E-state index contributed by atoms with van der Waals surface area (Å²) in [5.41, 5.74) is 0.686. The van der Waals surface area contributed by atoms with Gasteiger partial charge in [-0.3, -0.25) is 14.2 Å². The Balaban J connectivity index is 1.73. The molecule has 0 aliphatic carbocycles. The molecule has 9 nitrogen and oxygen atoms in total. The number of ether oxygens (including phenoxy) is 1. The van der Waals surface area contributed by atoms with Gasteiger partial charge in [0.05, 0.1) is 19.5 Å². The summed E-state index contributed by atoms with van der Waals surface area (Å²) in [6.07, 6.45) is 1.49. The van der Waals surface area contributed by atoms with Crippen LogP contribution < -0.4 is 11.2 Å². The highest BCUT2D eigenvalue weighted by molar-refractivity contribution is 5.76. The number of halogens is 1. The van der Waals surface area contributed by atoms with E-state index in [2.05, 4.69) is 4.98 Å². The average molecular weight is 480 g/mol. The number of hydrogen-bond donors (Lipinski definition) is 0. The molecule has 0 saturated carbocycles. The lowest BCUT2D eigenvalue weighted by atomic mass is 10.2. The highest BCUT2D eigenvalue weighted by Crippen LogP contribution is 2.11. The fraction of sp³-hybridized carbons (Fsp3) is 0.280. The minimum atomic E-state index is -0.629. The second-order valence-corrected chi connectivity index (χ2v) is 8.23. The fourth-order valence-electron chi connectivity index (χ4n) is 3.90. The number of methoxy groups -OCH3 is 1. The highest BCUT2D eigenvalue weighted by Gasteiger charge is 2.21. The summed E-state index contributed by atoms with van der Waals surface area (Å²) in [6, 6.07) is 15.2. The zero-order valence-electron chi connectivity index (χ0n) is 19.6. The Morgan fingerprint density at radius 1 is 1.06 bits per heavy atom. The Hall–Kier alpha value is -4.05. The van der Waals surface area contributed by atoms with Gasteiger partial charge in [0.25, 0.3) is 5.56 Å². The summed E-state index contributed by atoms with van der Waals surface area (Å²) in [7, 11) is 3.10. The Kier molecular flexibility index (Phi) is 7.21. The van der Waals surface area contributed by atoms with Crippen molar-refractivity contribution in [1.29, 1.82) is 0 Å². The van der Waals surface area contributed by atoms with E-state index in [0.29, 0.717) is 18.7 Å². The Labute approximate surface area is 200 Å². The maximum atomic E-state index is 13.5. The van der Waals surface area contributed by atoms with Crippen LogP contribution in [-0.2, 0) is 35.7 Å². The predicted molar refractivity (Wildman–Crippen MR) is 129 cm³/mol. The first-order chi connectivity index (χ1) is 16.9. The molecule has 35 heavy (non-hydrogen) atoms. The SMILES string of the molecule is COCCn1cnc2c1c(=O)n(CC(=O)N(C)Cc1cccc(F)c1)c(=O)n2Cc1ccccc1. The van der Waals surface area contributed by atoms with Gasteiger partial charge in [0.1, 0.15) is 12.4 Å². The van der Waals surface area contributed by atoms with E-state index in [1.165, 1.54) is 27.9 Å². The highest BCUT2D eigenvalue weighted by atomic mass is 19.1. The first-order valence-electron chi connectivity index (χ1n) is 11.1. The molecule has 4 aromatic rings. The summed E-state index contributed by atoms with van der Waals surface area (Å²) in [5.74, 6) is -0.861. The van der Waals surface area contributed by atoms with Crippen molar-refractivity contribution in [3.63, 3.8) is 0 Å². The first-order valence-corrected chi connectivity index (χ1v) is 11.1. The van der Waals surface area contributed by atoms with Crippen LogP contribution in [0, 0.1) is 5.82 Å². The second kappa shape index (κ2) is 10.5. The van der Waals surface area contributed by atoms with E-state index in [9.17, 15) is 18.8 Å². The number of hydrogen-bond acceptors (Lipinski definition) is 5. The molecule has 0 bridgehead atoms. The third-order valence-corrected chi connectivity index (χ3v) is 5.73. The lowest BCUT2D eigenvalue weighted by Gasteiger charge is -2.19. The molecule has 0 N–H and O–H groups in total. The van der Waals surface area contributed by atoms with E-state index >= 15 is 0 Å². The summed E-state index contributed by atoms with van der Waals surface area (Å²) in [6.45, 7) is 0.573. The molecule has 0 radical (unpaired) electrons. The molecule has 0 aliphatic heterocycles. The van der Waals surface area contributed by atoms with E-state index in [1.807, 2.05) is 30.3 Å². The van der Waals surface area contributed by atoms with E-state index in [-0.39, 0.29) is 24.3 Å². The van der Waals surface area contributed by atoms with Gasteiger partial charge in [-0.05, 0) is 23.3 Å². The molecule has 0 saturated heterocycles. The topological polar surface area (TPSA) is 91.4 Å². The first kappa shape index (κ1) is 24.1. The number of aromatic nitrogens is 4. The summed E-state index contributed by atoms with van der Waals surface area (Å²) in [4.78, 5) is 45.5. The predicted octanol–water partition coefficient (Wildman–Crippen LogP) is 1.85. The van der Waals surface area contributed by atoms with Crippen LogP contribution in [0.5, 0.6) is 0 Å². The largest absolute Gasteiger partial charge is 0.383 e. The van der Waals surface area contributed by atoms with Crippen LogP contribution in [0.2, 0.25) is 0 Å². The third-order valence-electron chi connectivity index (χ3n) is 5.73. The van der Waals surface area contributed by atoms with Gasteiger partial charge in [0, 0.05) is 27.2 Å². The van der Waals surface area contributed by atoms with Gasteiger partial charge in [0.2, 0.25) is 5.91 Å². The van der Waals surface area contributed by atoms with Crippen molar-refractivity contribution in [2.75, 3.05) is 20.8 Å². The molecule has 0 aliphatic rings. The maximum absolute atomic E-state index is 13.5.